The highest BCUT2D eigenvalue weighted by atomic mass is 35.5. The predicted molar refractivity (Wildman–Crippen MR) is 83.7 cm³/mol. The van der Waals surface area contributed by atoms with Gasteiger partial charge in [-0.25, -0.2) is 4.99 Å². The average Bonchev–Trinajstić information content (AvgIpc) is 3.01. The van der Waals surface area contributed by atoms with Gasteiger partial charge in [0, 0.05) is 38.2 Å². The molecule has 6 heteroatoms. The summed E-state index contributed by atoms with van der Waals surface area (Å²) in [6, 6.07) is 0.516. The summed E-state index contributed by atoms with van der Waals surface area (Å²) in [7, 11) is 1.64. The molecule has 0 bridgehead atoms. The third-order valence-electron chi connectivity index (χ3n) is 3.38. The van der Waals surface area contributed by atoms with Crippen molar-refractivity contribution in [2.24, 2.45) is 9.98 Å². The van der Waals surface area contributed by atoms with Crippen LogP contribution in [0.1, 0.15) is 32.1 Å². The molecular formula is C13H19ClFN3S. The molecule has 106 valence electrons. The van der Waals surface area contributed by atoms with E-state index in [0.29, 0.717) is 6.04 Å². The Hall–Kier alpha value is -0.810. The Morgan fingerprint density at radius 3 is 2.47 bits per heavy atom. The quantitative estimate of drug-likeness (QED) is 0.335. The summed E-state index contributed by atoms with van der Waals surface area (Å²) in [6.45, 7) is 8.16. The van der Waals surface area contributed by atoms with Crippen molar-refractivity contribution >= 4 is 35.7 Å². The van der Waals surface area contributed by atoms with Crippen molar-refractivity contribution in [2.45, 2.75) is 38.1 Å². The van der Waals surface area contributed by atoms with E-state index in [1.807, 2.05) is 13.0 Å². The normalized spacial score (nSPS) is 23.1. The maximum absolute atomic E-state index is 9.19. The monoisotopic (exact) mass is 303 g/mol. The fraction of sp³-hybridized carbons (Fsp3) is 0.538. The molecule has 2 rings (SSSR count). The second kappa shape index (κ2) is 7.70. The van der Waals surface area contributed by atoms with Crippen LogP contribution in [0.5, 0.6) is 0 Å². The van der Waals surface area contributed by atoms with Crippen molar-refractivity contribution < 1.29 is 3.89 Å². The Kier molecular flexibility index (Phi) is 6.58. The van der Waals surface area contributed by atoms with E-state index >= 15 is 0 Å². The summed E-state index contributed by atoms with van der Waals surface area (Å²) in [5.41, 5.74) is 2.07. The van der Waals surface area contributed by atoms with Crippen LogP contribution >= 0.6 is 24.6 Å². The molecule has 0 aromatic rings. The van der Waals surface area contributed by atoms with Crippen LogP contribution in [0.3, 0.4) is 0 Å². The zero-order valence-corrected chi connectivity index (χ0v) is 12.7. The van der Waals surface area contributed by atoms with Crippen LogP contribution in [0.15, 0.2) is 34.4 Å². The first-order chi connectivity index (χ1) is 9.13. The minimum Gasteiger partial charge on any atom is -0.327 e. The van der Waals surface area contributed by atoms with E-state index in [4.69, 9.17) is 11.6 Å². The highest BCUT2D eigenvalue weighted by Gasteiger charge is 2.33. The van der Waals surface area contributed by atoms with Gasteiger partial charge in [0.1, 0.15) is 5.84 Å². The Morgan fingerprint density at radius 2 is 1.95 bits per heavy atom. The fourth-order valence-corrected chi connectivity index (χ4v) is 2.67. The molecule has 1 aliphatic carbocycles. The van der Waals surface area contributed by atoms with Gasteiger partial charge >= 0.3 is 0 Å². The van der Waals surface area contributed by atoms with E-state index in [-0.39, 0.29) is 5.29 Å². The van der Waals surface area contributed by atoms with E-state index < -0.39 is 0 Å². The standard InChI is InChI=1S/C13H18ClN3.FHS/c1-9-8-10(2)17(11-6-4-5-7-11)12(9)16-13(14)15-3;1-2/h11H,1-2,4-8H2,3H3;2H/b15-13?,16-12+;. The Morgan fingerprint density at radius 1 is 1.37 bits per heavy atom. The molecule has 19 heavy (non-hydrogen) atoms. The van der Waals surface area contributed by atoms with E-state index in [9.17, 15) is 3.89 Å². The summed E-state index contributed by atoms with van der Waals surface area (Å²) in [4.78, 5) is 10.4. The van der Waals surface area contributed by atoms with Crippen molar-refractivity contribution in [3.8, 4) is 0 Å². The number of hydrogen-bond acceptors (Lipinski definition) is 2. The molecule has 0 spiro atoms. The lowest BCUT2D eigenvalue weighted by atomic mass is 10.2. The number of hydrogen-bond donors (Lipinski definition) is 1. The fourth-order valence-electron chi connectivity index (χ4n) is 2.59. The van der Waals surface area contributed by atoms with Crippen molar-refractivity contribution in [1.29, 1.82) is 0 Å². The smallest absolute Gasteiger partial charge is 0.219 e. The molecule has 0 N–H and O–H groups in total. The molecule has 2 aliphatic rings. The van der Waals surface area contributed by atoms with Gasteiger partial charge in [0.15, 0.2) is 0 Å². The van der Waals surface area contributed by atoms with E-state index in [2.05, 4.69) is 28.0 Å². The maximum atomic E-state index is 9.19. The van der Waals surface area contributed by atoms with Crippen LogP contribution in [0, 0.1) is 0 Å². The van der Waals surface area contributed by atoms with Crippen LogP contribution in [0.4, 0.5) is 3.89 Å². The zero-order valence-electron chi connectivity index (χ0n) is 11.1. The summed E-state index contributed by atoms with van der Waals surface area (Å²) >= 11 is 7.92. The number of amidine groups is 2. The second-order valence-electron chi connectivity index (χ2n) is 4.58. The van der Waals surface area contributed by atoms with Crippen molar-refractivity contribution in [1.82, 2.24) is 4.90 Å². The molecule has 0 aromatic carbocycles. The van der Waals surface area contributed by atoms with Gasteiger partial charge in [-0.3, -0.25) is 4.99 Å². The molecular weight excluding hydrogens is 285 g/mol. The highest BCUT2D eigenvalue weighted by molar-refractivity contribution is 7.74. The lowest BCUT2D eigenvalue weighted by molar-refractivity contribution is 0.391. The maximum Gasteiger partial charge on any atom is 0.219 e. The third-order valence-corrected chi connectivity index (χ3v) is 3.63. The van der Waals surface area contributed by atoms with Crippen LogP contribution in [0.25, 0.3) is 0 Å². The SMILES string of the molecule is C=C1CC(=C)N(C2CCCC2)/C1=N/C(Cl)=NC.FS. The minimum atomic E-state index is 0.277. The topological polar surface area (TPSA) is 28.0 Å². The van der Waals surface area contributed by atoms with E-state index in [1.165, 1.54) is 25.7 Å². The Bertz CT molecular complexity index is 414. The molecule has 0 radical (unpaired) electrons. The molecule has 0 aromatic heterocycles. The van der Waals surface area contributed by atoms with Crippen molar-refractivity contribution in [3.05, 3.63) is 24.4 Å². The number of allylic oxidation sites excluding steroid dienone is 1. The Balaban J connectivity index is 0.000000861. The van der Waals surface area contributed by atoms with Gasteiger partial charge in [-0.05, 0) is 30.0 Å². The van der Waals surface area contributed by atoms with Gasteiger partial charge in [-0.1, -0.05) is 26.0 Å². The summed E-state index contributed by atoms with van der Waals surface area (Å²) in [5.74, 6) is 0.859. The molecule has 1 aliphatic heterocycles. The average molecular weight is 304 g/mol. The Labute approximate surface area is 124 Å². The first-order valence-electron chi connectivity index (χ1n) is 6.16. The lowest BCUT2D eigenvalue weighted by Gasteiger charge is -2.27. The molecule has 1 heterocycles. The number of likely N-dealkylation sites (tertiary alicyclic amines) is 1. The first kappa shape index (κ1) is 16.2. The minimum absolute atomic E-state index is 0.277. The molecule has 1 saturated heterocycles. The summed E-state index contributed by atoms with van der Waals surface area (Å²) < 4.78 is 9.19. The summed E-state index contributed by atoms with van der Waals surface area (Å²) in [6.07, 6.45) is 5.76. The van der Waals surface area contributed by atoms with Crippen molar-refractivity contribution in [3.63, 3.8) is 0 Å². The summed E-state index contributed by atoms with van der Waals surface area (Å²) in [5, 5.41) is 0.277. The van der Waals surface area contributed by atoms with Crippen molar-refractivity contribution in [2.75, 3.05) is 7.05 Å². The molecule has 0 atom stereocenters. The van der Waals surface area contributed by atoms with E-state index in [0.717, 1.165) is 23.5 Å². The molecule has 1 saturated carbocycles. The van der Waals surface area contributed by atoms with Crippen LogP contribution in [-0.2, 0) is 0 Å². The molecule has 2 fully saturated rings. The number of nitrogens with zero attached hydrogens (tertiary/aromatic N) is 3. The first-order valence-corrected chi connectivity index (χ1v) is 6.88. The number of rotatable bonds is 1. The van der Waals surface area contributed by atoms with Crippen LogP contribution in [0.2, 0.25) is 0 Å². The second-order valence-corrected chi connectivity index (χ2v) is 4.92. The molecule has 0 unspecified atom stereocenters. The molecule has 0 amide bonds. The largest absolute Gasteiger partial charge is 0.327 e. The molecule has 3 nitrogen and oxygen atoms in total. The van der Waals surface area contributed by atoms with Crippen LogP contribution in [-0.4, -0.2) is 29.1 Å². The van der Waals surface area contributed by atoms with E-state index in [1.54, 1.807) is 7.05 Å². The van der Waals surface area contributed by atoms with Gasteiger partial charge in [-0.15, -0.1) is 0 Å². The number of halogens is 2. The van der Waals surface area contributed by atoms with Crippen LogP contribution < -0.4 is 0 Å². The predicted octanol–water partition coefficient (Wildman–Crippen LogP) is 4.13. The van der Waals surface area contributed by atoms with Gasteiger partial charge in [-0.2, -0.15) is 3.89 Å². The van der Waals surface area contributed by atoms with Gasteiger partial charge in [0.2, 0.25) is 5.29 Å². The third kappa shape index (κ3) is 3.83. The lowest BCUT2D eigenvalue weighted by Crippen LogP contribution is -2.33. The number of aliphatic imine (C=N–C) groups is 2. The van der Waals surface area contributed by atoms with Gasteiger partial charge in [0.25, 0.3) is 0 Å². The van der Waals surface area contributed by atoms with Gasteiger partial charge in [0.05, 0.1) is 0 Å². The zero-order chi connectivity index (χ0) is 14.4. The van der Waals surface area contributed by atoms with Gasteiger partial charge < -0.3 is 4.90 Å². The highest BCUT2D eigenvalue weighted by Crippen LogP contribution is 2.34. The number of thiol groups is 1.